The summed E-state index contributed by atoms with van der Waals surface area (Å²) < 4.78 is 26.9. The summed E-state index contributed by atoms with van der Waals surface area (Å²) in [4.78, 5) is 12.4. The van der Waals surface area contributed by atoms with Crippen LogP contribution in [-0.2, 0) is 10.0 Å². The Labute approximate surface area is 143 Å². The first-order valence-electron chi connectivity index (χ1n) is 7.97. The minimum absolute atomic E-state index is 0.000856. The number of piperidine rings is 1. The van der Waals surface area contributed by atoms with Crippen LogP contribution in [0.15, 0.2) is 23.1 Å². The summed E-state index contributed by atoms with van der Waals surface area (Å²) in [5.41, 5.74) is 0.199. The van der Waals surface area contributed by atoms with E-state index in [0.717, 1.165) is 25.7 Å². The molecule has 23 heavy (non-hydrogen) atoms. The predicted molar refractivity (Wildman–Crippen MR) is 91.3 cm³/mol. The van der Waals surface area contributed by atoms with E-state index in [9.17, 15) is 13.2 Å². The molecule has 1 amide bonds. The Bertz CT molecular complexity index is 670. The second kappa shape index (κ2) is 7.64. The molecular weight excluding hydrogens is 336 g/mol. The zero-order valence-electron chi connectivity index (χ0n) is 13.5. The Morgan fingerprint density at radius 2 is 1.96 bits per heavy atom. The third-order valence-electron chi connectivity index (χ3n) is 4.13. The van der Waals surface area contributed by atoms with Crippen molar-refractivity contribution < 1.29 is 13.2 Å². The molecule has 1 aliphatic rings. The van der Waals surface area contributed by atoms with Crippen LogP contribution in [0.1, 0.15) is 49.9 Å². The van der Waals surface area contributed by atoms with E-state index in [1.165, 1.54) is 22.5 Å². The number of benzene rings is 1. The first-order chi connectivity index (χ1) is 10.9. The number of carbonyl (C=O) groups excluding carboxylic acids is 1. The lowest BCUT2D eigenvalue weighted by Crippen LogP contribution is -2.36. The highest BCUT2D eigenvalue weighted by atomic mass is 35.5. The smallest absolute Gasteiger partial charge is 0.253 e. The number of halogens is 1. The highest BCUT2D eigenvalue weighted by molar-refractivity contribution is 7.89. The first-order valence-corrected chi connectivity index (χ1v) is 9.78. The Hall–Kier alpha value is -1.11. The van der Waals surface area contributed by atoms with Crippen molar-refractivity contribution in [1.29, 1.82) is 0 Å². The Balaban J connectivity index is 2.30. The second-order valence-electron chi connectivity index (χ2n) is 5.89. The van der Waals surface area contributed by atoms with Crippen molar-refractivity contribution in [3.05, 3.63) is 28.8 Å². The summed E-state index contributed by atoms with van der Waals surface area (Å²) in [7, 11) is -3.57. The van der Waals surface area contributed by atoms with Gasteiger partial charge >= 0.3 is 0 Å². The Morgan fingerprint density at radius 1 is 1.30 bits per heavy atom. The van der Waals surface area contributed by atoms with Crippen LogP contribution in [0.5, 0.6) is 0 Å². The largest absolute Gasteiger partial charge is 0.350 e. The summed E-state index contributed by atoms with van der Waals surface area (Å²) in [5, 5.41) is 3.07. The maximum Gasteiger partial charge on any atom is 0.253 e. The van der Waals surface area contributed by atoms with Crippen molar-refractivity contribution >= 4 is 27.5 Å². The van der Waals surface area contributed by atoms with Crippen LogP contribution in [0.25, 0.3) is 0 Å². The number of carbonyl (C=O) groups is 1. The van der Waals surface area contributed by atoms with E-state index in [-0.39, 0.29) is 27.4 Å². The molecule has 2 rings (SSSR count). The number of rotatable bonds is 5. The van der Waals surface area contributed by atoms with Gasteiger partial charge in [0.1, 0.15) is 0 Å². The lowest BCUT2D eigenvalue weighted by molar-refractivity contribution is 0.0939. The molecule has 1 aromatic rings. The maximum atomic E-state index is 12.7. The average molecular weight is 359 g/mol. The average Bonchev–Trinajstić information content (AvgIpc) is 2.55. The highest BCUT2D eigenvalue weighted by Gasteiger charge is 2.27. The van der Waals surface area contributed by atoms with Crippen LogP contribution < -0.4 is 5.32 Å². The number of hydrogen-bond acceptors (Lipinski definition) is 3. The molecule has 1 fully saturated rings. The van der Waals surface area contributed by atoms with Gasteiger partial charge < -0.3 is 5.32 Å². The molecule has 1 heterocycles. The number of nitrogens with one attached hydrogen (secondary N) is 1. The van der Waals surface area contributed by atoms with Gasteiger partial charge in [-0.3, -0.25) is 4.79 Å². The number of sulfonamides is 1. The van der Waals surface area contributed by atoms with Crippen molar-refractivity contribution in [3.8, 4) is 0 Å². The lowest BCUT2D eigenvalue weighted by Gasteiger charge is -2.26. The minimum atomic E-state index is -3.57. The molecule has 1 aliphatic heterocycles. The van der Waals surface area contributed by atoms with Gasteiger partial charge in [-0.1, -0.05) is 24.9 Å². The van der Waals surface area contributed by atoms with Crippen molar-refractivity contribution in [2.75, 3.05) is 13.1 Å². The molecule has 7 heteroatoms. The van der Waals surface area contributed by atoms with Crippen LogP contribution in [0.4, 0.5) is 0 Å². The fourth-order valence-corrected chi connectivity index (χ4v) is 4.24. The van der Waals surface area contributed by atoms with E-state index >= 15 is 0 Å². The highest BCUT2D eigenvalue weighted by Crippen LogP contribution is 2.25. The molecule has 0 aliphatic carbocycles. The molecule has 0 radical (unpaired) electrons. The fraction of sp³-hybridized carbons (Fsp3) is 0.562. The molecule has 0 aromatic heterocycles. The van der Waals surface area contributed by atoms with E-state index in [1.54, 1.807) is 0 Å². The van der Waals surface area contributed by atoms with Crippen LogP contribution in [-0.4, -0.2) is 37.8 Å². The van der Waals surface area contributed by atoms with Crippen LogP contribution in [0.2, 0.25) is 5.02 Å². The van der Waals surface area contributed by atoms with Crippen molar-refractivity contribution in [2.45, 2.75) is 50.5 Å². The van der Waals surface area contributed by atoms with E-state index in [2.05, 4.69) is 5.32 Å². The van der Waals surface area contributed by atoms with Gasteiger partial charge in [-0.25, -0.2) is 8.42 Å². The monoisotopic (exact) mass is 358 g/mol. The van der Waals surface area contributed by atoms with Gasteiger partial charge in [0.15, 0.2) is 0 Å². The lowest BCUT2D eigenvalue weighted by atomic mass is 10.2. The summed E-state index contributed by atoms with van der Waals surface area (Å²) in [6, 6.07) is 4.32. The zero-order chi connectivity index (χ0) is 17.0. The number of amides is 1. The second-order valence-corrected chi connectivity index (χ2v) is 8.23. The van der Waals surface area contributed by atoms with Crippen LogP contribution in [0.3, 0.4) is 0 Å². The quantitative estimate of drug-likeness (QED) is 0.879. The summed E-state index contributed by atoms with van der Waals surface area (Å²) in [6.07, 6.45) is 3.58. The van der Waals surface area contributed by atoms with E-state index in [4.69, 9.17) is 11.6 Å². The van der Waals surface area contributed by atoms with E-state index in [0.29, 0.717) is 13.1 Å². The van der Waals surface area contributed by atoms with Gasteiger partial charge in [0.2, 0.25) is 10.0 Å². The molecule has 1 aromatic carbocycles. The molecule has 1 atom stereocenters. The van der Waals surface area contributed by atoms with Crippen molar-refractivity contribution in [1.82, 2.24) is 9.62 Å². The SMILES string of the molecule is CCC(C)NC(=O)c1cc(S(=O)(=O)N2CCCCC2)ccc1Cl. The Morgan fingerprint density at radius 3 is 2.57 bits per heavy atom. The first kappa shape index (κ1) is 18.2. The molecular formula is C16H23ClN2O3S. The van der Waals surface area contributed by atoms with Crippen molar-refractivity contribution in [3.63, 3.8) is 0 Å². The molecule has 1 unspecified atom stereocenters. The standard InChI is InChI=1S/C16H23ClN2O3S/c1-3-12(2)18-16(20)14-11-13(7-8-15(14)17)23(21,22)19-9-5-4-6-10-19/h7-8,11-12H,3-6,9-10H2,1-2H3,(H,18,20). The van der Waals surface area contributed by atoms with Gasteiger partial charge in [-0.15, -0.1) is 0 Å². The number of hydrogen-bond donors (Lipinski definition) is 1. The molecule has 128 valence electrons. The summed E-state index contributed by atoms with van der Waals surface area (Å²) in [5.74, 6) is -0.347. The predicted octanol–water partition coefficient (Wildman–Crippen LogP) is 3.04. The van der Waals surface area contributed by atoms with Gasteiger partial charge in [0.25, 0.3) is 5.91 Å². The van der Waals surface area contributed by atoms with Crippen molar-refractivity contribution in [2.24, 2.45) is 0 Å². The zero-order valence-corrected chi connectivity index (χ0v) is 15.1. The van der Waals surface area contributed by atoms with E-state index in [1.807, 2.05) is 13.8 Å². The van der Waals surface area contributed by atoms with Gasteiger partial charge in [0.05, 0.1) is 15.5 Å². The molecule has 1 saturated heterocycles. The molecule has 0 spiro atoms. The normalized spacial score (nSPS) is 17.7. The van der Waals surface area contributed by atoms with Gasteiger partial charge in [0, 0.05) is 19.1 Å². The van der Waals surface area contributed by atoms with E-state index < -0.39 is 10.0 Å². The number of nitrogens with zero attached hydrogens (tertiary/aromatic N) is 1. The van der Waals surface area contributed by atoms with Gasteiger partial charge in [-0.05, 0) is 44.4 Å². The molecule has 0 bridgehead atoms. The maximum absolute atomic E-state index is 12.7. The topological polar surface area (TPSA) is 66.5 Å². The van der Waals surface area contributed by atoms with Gasteiger partial charge in [-0.2, -0.15) is 4.31 Å². The van der Waals surface area contributed by atoms with Crippen LogP contribution >= 0.6 is 11.6 Å². The van der Waals surface area contributed by atoms with Crippen LogP contribution in [0, 0.1) is 0 Å². The molecule has 0 saturated carbocycles. The fourth-order valence-electron chi connectivity index (χ4n) is 2.50. The third kappa shape index (κ3) is 4.25. The summed E-state index contributed by atoms with van der Waals surface area (Å²) in [6.45, 7) is 4.91. The summed E-state index contributed by atoms with van der Waals surface area (Å²) >= 11 is 6.08. The molecule has 1 N–H and O–H groups in total. The minimum Gasteiger partial charge on any atom is -0.350 e. The third-order valence-corrected chi connectivity index (χ3v) is 6.35. The molecule has 5 nitrogen and oxygen atoms in total. The Kier molecular flexibility index (Phi) is 6.06.